The summed E-state index contributed by atoms with van der Waals surface area (Å²) < 4.78 is 12.6. The first-order chi connectivity index (χ1) is 11.7. The molecule has 0 saturated heterocycles. The van der Waals surface area contributed by atoms with Crippen LogP contribution in [0, 0.1) is 0 Å². The number of methoxy groups -OCH3 is 2. The molecule has 6 heteroatoms. The van der Waals surface area contributed by atoms with Crippen molar-refractivity contribution >= 4 is 27.5 Å². The number of hydrogen-bond donors (Lipinski definition) is 1. The molecule has 5 nitrogen and oxygen atoms in total. The topological polar surface area (TPSA) is 52.5 Å². The van der Waals surface area contributed by atoms with Crippen LogP contribution < -0.4 is 14.8 Å². The number of amides is 1. The third-order valence-corrected chi connectivity index (χ3v) is 4.90. The number of aromatic nitrogens is 1. The fourth-order valence-electron chi connectivity index (χ4n) is 2.74. The smallest absolute Gasteiger partial charge is 0.268 e. The predicted octanol–water partition coefficient (Wildman–Crippen LogP) is 3.67. The molecule has 0 atom stereocenters. The highest BCUT2D eigenvalue weighted by molar-refractivity contribution is 7.16. The number of nitrogens with one attached hydrogen (secondary N) is 1. The predicted molar refractivity (Wildman–Crippen MR) is 96.2 cm³/mol. The summed E-state index contributed by atoms with van der Waals surface area (Å²) >= 11 is 1.65. The van der Waals surface area contributed by atoms with E-state index in [1.54, 1.807) is 25.6 Å². The van der Waals surface area contributed by atoms with E-state index in [1.807, 2.05) is 47.2 Å². The van der Waals surface area contributed by atoms with Crippen molar-refractivity contribution in [3.05, 3.63) is 47.0 Å². The number of thiophene rings is 1. The maximum atomic E-state index is 12.6. The van der Waals surface area contributed by atoms with Crippen LogP contribution in [0.3, 0.4) is 0 Å². The van der Waals surface area contributed by atoms with E-state index in [0.717, 1.165) is 22.3 Å². The lowest BCUT2D eigenvalue weighted by molar-refractivity contribution is 0.0942. The molecule has 126 valence electrons. The van der Waals surface area contributed by atoms with Gasteiger partial charge < -0.3 is 19.4 Å². The second-order valence-electron chi connectivity index (χ2n) is 5.33. The van der Waals surface area contributed by atoms with Crippen LogP contribution in [0.1, 0.15) is 23.0 Å². The average molecular weight is 344 g/mol. The Balaban J connectivity index is 1.76. The Morgan fingerprint density at radius 2 is 1.96 bits per heavy atom. The molecular formula is C18H20N2O3S. The van der Waals surface area contributed by atoms with Gasteiger partial charge in [-0.25, -0.2) is 0 Å². The molecule has 2 heterocycles. The molecule has 0 unspecified atom stereocenters. The van der Waals surface area contributed by atoms with Crippen LogP contribution in [0.5, 0.6) is 11.5 Å². The van der Waals surface area contributed by atoms with Crippen LogP contribution in [-0.2, 0) is 13.1 Å². The Morgan fingerprint density at radius 3 is 2.67 bits per heavy atom. The Hall–Kier alpha value is -2.47. The molecule has 1 amide bonds. The lowest BCUT2D eigenvalue weighted by Crippen LogP contribution is -2.25. The van der Waals surface area contributed by atoms with Crippen LogP contribution >= 0.6 is 11.3 Å². The Labute approximate surface area is 144 Å². The Bertz CT molecular complexity index is 866. The monoisotopic (exact) mass is 344 g/mol. The molecular weight excluding hydrogens is 324 g/mol. The summed E-state index contributed by atoms with van der Waals surface area (Å²) in [6.07, 6.45) is 0. The summed E-state index contributed by atoms with van der Waals surface area (Å²) in [5.74, 6) is 1.25. The minimum atomic E-state index is -0.0740. The molecule has 0 aliphatic carbocycles. The third kappa shape index (κ3) is 2.97. The van der Waals surface area contributed by atoms with Crippen LogP contribution in [0.25, 0.3) is 10.2 Å². The molecule has 0 aliphatic heterocycles. The number of rotatable bonds is 6. The number of benzene rings is 1. The maximum Gasteiger partial charge on any atom is 0.268 e. The summed E-state index contributed by atoms with van der Waals surface area (Å²) in [6.45, 7) is 3.25. The first-order valence-electron chi connectivity index (χ1n) is 7.73. The molecule has 2 aromatic heterocycles. The quantitative estimate of drug-likeness (QED) is 0.742. The van der Waals surface area contributed by atoms with Gasteiger partial charge in [-0.15, -0.1) is 11.3 Å². The van der Waals surface area contributed by atoms with Gasteiger partial charge in [0.15, 0.2) is 11.5 Å². The van der Waals surface area contributed by atoms with Crippen LogP contribution in [-0.4, -0.2) is 24.7 Å². The van der Waals surface area contributed by atoms with Crippen molar-refractivity contribution < 1.29 is 14.3 Å². The van der Waals surface area contributed by atoms with E-state index < -0.39 is 0 Å². The zero-order valence-corrected chi connectivity index (χ0v) is 14.8. The van der Waals surface area contributed by atoms with Crippen LogP contribution in [0.2, 0.25) is 0 Å². The highest BCUT2D eigenvalue weighted by Crippen LogP contribution is 2.28. The maximum absolute atomic E-state index is 12.6. The number of aryl methyl sites for hydroxylation is 1. The van der Waals surface area contributed by atoms with Gasteiger partial charge in [-0.05, 0) is 42.1 Å². The molecule has 0 saturated carbocycles. The van der Waals surface area contributed by atoms with Crippen molar-refractivity contribution in [3.8, 4) is 11.5 Å². The lowest BCUT2D eigenvalue weighted by atomic mass is 10.2. The largest absolute Gasteiger partial charge is 0.493 e. The summed E-state index contributed by atoms with van der Waals surface area (Å²) in [7, 11) is 3.20. The Morgan fingerprint density at radius 1 is 1.17 bits per heavy atom. The number of fused-ring (bicyclic) bond motifs is 1. The van der Waals surface area contributed by atoms with E-state index in [0.29, 0.717) is 23.7 Å². The zero-order valence-electron chi connectivity index (χ0n) is 14.0. The van der Waals surface area contributed by atoms with Gasteiger partial charge in [-0.3, -0.25) is 4.79 Å². The fourth-order valence-corrected chi connectivity index (χ4v) is 3.70. The fraction of sp³-hybridized carbons (Fsp3) is 0.278. The molecule has 0 aliphatic rings. The van der Waals surface area contributed by atoms with E-state index in [4.69, 9.17) is 9.47 Å². The third-order valence-electron chi connectivity index (χ3n) is 3.95. The molecule has 1 aromatic carbocycles. The molecule has 0 radical (unpaired) electrons. The number of nitrogens with zero attached hydrogens (tertiary/aromatic N) is 1. The van der Waals surface area contributed by atoms with Gasteiger partial charge in [0.2, 0.25) is 0 Å². The van der Waals surface area contributed by atoms with E-state index in [2.05, 4.69) is 5.32 Å². The van der Waals surface area contributed by atoms with Crippen molar-refractivity contribution in [2.24, 2.45) is 0 Å². The molecule has 3 rings (SSSR count). The highest BCUT2D eigenvalue weighted by Gasteiger charge is 2.15. The van der Waals surface area contributed by atoms with E-state index in [1.165, 1.54) is 0 Å². The minimum absolute atomic E-state index is 0.0740. The summed E-state index contributed by atoms with van der Waals surface area (Å²) in [6, 6.07) is 9.61. The van der Waals surface area contributed by atoms with Crippen molar-refractivity contribution in [2.75, 3.05) is 14.2 Å². The van der Waals surface area contributed by atoms with Gasteiger partial charge in [-0.1, -0.05) is 6.07 Å². The van der Waals surface area contributed by atoms with E-state index in [9.17, 15) is 4.79 Å². The van der Waals surface area contributed by atoms with Gasteiger partial charge in [-0.2, -0.15) is 0 Å². The van der Waals surface area contributed by atoms with Crippen molar-refractivity contribution in [3.63, 3.8) is 0 Å². The number of carbonyl (C=O) groups is 1. The standard InChI is InChI=1S/C18H20N2O3S/c1-4-20-14(10-13-7-8-24-18(13)20)17(21)19-11-12-5-6-15(22-2)16(9-12)23-3/h5-10H,4,11H2,1-3H3,(H,19,21). The van der Waals surface area contributed by atoms with Crippen LogP contribution in [0.15, 0.2) is 35.7 Å². The summed E-state index contributed by atoms with van der Waals surface area (Å²) in [5, 5.41) is 6.13. The normalized spacial score (nSPS) is 10.8. The molecule has 3 aromatic rings. The molecule has 1 N–H and O–H groups in total. The molecule has 0 spiro atoms. The second-order valence-corrected chi connectivity index (χ2v) is 6.22. The molecule has 24 heavy (non-hydrogen) atoms. The molecule has 0 bridgehead atoms. The zero-order chi connectivity index (χ0) is 17.1. The van der Waals surface area contributed by atoms with Gasteiger partial charge in [0.05, 0.1) is 14.2 Å². The highest BCUT2D eigenvalue weighted by atomic mass is 32.1. The van der Waals surface area contributed by atoms with Gasteiger partial charge in [0.25, 0.3) is 5.91 Å². The SMILES string of the molecule is CCn1c(C(=O)NCc2ccc(OC)c(OC)c2)cc2ccsc21. The lowest BCUT2D eigenvalue weighted by Gasteiger charge is -2.11. The second kappa shape index (κ2) is 6.97. The van der Waals surface area contributed by atoms with E-state index >= 15 is 0 Å². The number of ether oxygens (including phenoxy) is 2. The summed E-state index contributed by atoms with van der Waals surface area (Å²) in [5.41, 5.74) is 1.65. The van der Waals surface area contributed by atoms with Crippen molar-refractivity contribution in [2.45, 2.75) is 20.0 Å². The van der Waals surface area contributed by atoms with Crippen molar-refractivity contribution in [1.29, 1.82) is 0 Å². The molecule has 0 fully saturated rings. The Kier molecular flexibility index (Phi) is 4.76. The first kappa shape index (κ1) is 16.4. The van der Waals surface area contributed by atoms with Gasteiger partial charge in [0, 0.05) is 18.5 Å². The van der Waals surface area contributed by atoms with Gasteiger partial charge in [0.1, 0.15) is 10.5 Å². The van der Waals surface area contributed by atoms with Crippen LogP contribution in [0.4, 0.5) is 0 Å². The van der Waals surface area contributed by atoms with Gasteiger partial charge >= 0.3 is 0 Å². The average Bonchev–Trinajstić information content (AvgIpc) is 3.19. The number of hydrogen-bond acceptors (Lipinski definition) is 4. The van der Waals surface area contributed by atoms with Crippen molar-refractivity contribution in [1.82, 2.24) is 9.88 Å². The first-order valence-corrected chi connectivity index (χ1v) is 8.61. The number of carbonyl (C=O) groups excluding carboxylic acids is 1. The minimum Gasteiger partial charge on any atom is -0.493 e. The summed E-state index contributed by atoms with van der Waals surface area (Å²) in [4.78, 5) is 13.7. The van der Waals surface area contributed by atoms with E-state index in [-0.39, 0.29) is 5.91 Å².